The largest absolute Gasteiger partial charge is 0.364 e. The van der Waals surface area contributed by atoms with Gasteiger partial charge in [0.1, 0.15) is 5.56 Å². The molecule has 1 aliphatic rings. The Morgan fingerprint density at radius 3 is 2.50 bits per heavy atom. The third kappa shape index (κ3) is 2.33. The highest BCUT2D eigenvalue weighted by Crippen LogP contribution is 2.23. The number of H-pyrrole nitrogens is 1. The van der Waals surface area contributed by atoms with E-state index in [0.29, 0.717) is 0 Å². The molecule has 1 aliphatic heterocycles. The van der Waals surface area contributed by atoms with Gasteiger partial charge in [0.15, 0.2) is 5.43 Å². The fourth-order valence-corrected chi connectivity index (χ4v) is 2.70. The van der Waals surface area contributed by atoms with E-state index >= 15 is 0 Å². The SMILES string of the molecule is Cc1cc(=O)c(C(=O)N2C(C)CCCC2C)c[nH]1. The van der Waals surface area contributed by atoms with Gasteiger partial charge in [-0.1, -0.05) is 0 Å². The molecule has 0 spiro atoms. The second kappa shape index (κ2) is 4.96. The Labute approximate surface area is 107 Å². The molecule has 2 atom stereocenters. The van der Waals surface area contributed by atoms with Crippen molar-refractivity contribution in [1.29, 1.82) is 0 Å². The van der Waals surface area contributed by atoms with Gasteiger partial charge >= 0.3 is 0 Å². The lowest BCUT2D eigenvalue weighted by atomic mass is 9.96. The van der Waals surface area contributed by atoms with Gasteiger partial charge in [0.2, 0.25) is 0 Å². The van der Waals surface area contributed by atoms with Gasteiger partial charge in [0.25, 0.3) is 5.91 Å². The topological polar surface area (TPSA) is 53.2 Å². The Morgan fingerprint density at radius 2 is 1.94 bits per heavy atom. The number of hydrogen-bond donors (Lipinski definition) is 1. The molecule has 0 aliphatic carbocycles. The summed E-state index contributed by atoms with van der Waals surface area (Å²) in [7, 11) is 0. The average molecular weight is 248 g/mol. The number of likely N-dealkylation sites (tertiary alicyclic amines) is 1. The molecule has 1 saturated heterocycles. The smallest absolute Gasteiger partial charge is 0.259 e. The summed E-state index contributed by atoms with van der Waals surface area (Å²) in [5.41, 5.74) is 0.832. The number of aromatic amines is 1. The summed E-state index contributed by atoms with van der Waals surface area (Å²) in [6.07, 6.45) is 4.71. The maximum absolute atomic E-state index is 12.5. The van der Waals surface area contributed by atoms with Crippen LogP contribution in [0.15, 0.2) is 17.1 Å². The number of hydrogen-bond acceptors (Lipinski definition) is 2. The first-order chi connectivity index (χ1) is 8.50. The van der Waals surface area contributed by atoms with Crippen LogP contribution in [-0.2, 0) is 0 Å². The Kier molecular flexibility index (Phi) is 3.55. The summed E-state index contributed by atoms with van der Waals surface area (Å²) < 4.78 is 0. The minimum absolute atomic E-state index is 0.143. The number of aryl methyl sites for hydroxylation is 1. The zero-order valence-electron chi connectivity index (χ0n) is 11.2. The van der Waals surface area contributed by atoms with Gasteiger partial charge in [-0.15, -0.1) is 0 Å². The molecular weight excluding hydrogens is 228 g/mol. The van der Waals surface area contributed by atoms with Crippen molar-refractivity contribution in [2.24, 2.45) is 0 Å². The molecular formula is C14H20N2O2. The van der Waals surface area contributed by atoms with Crippen molar-refractivity contribution in [3.8, 4) is 0 Å². The Hall–Kier alpha value is -1.58. The fourth-order valence-electron chi connectivity index (χ4n) is 2.70. The average Bonchev–Trinajstić information content (AvgIpc) is 2.28. The van der Waals surface area contributed by atoms with Gasteiger partial charge in [-0.2, -0.15) is 0 Å². The standard InChI is InChI=1S/C14H20N2O2/c1-9-7-13(17)12(8-15-9)14(18)16-10(2)5-4-6-11(16)3/h7-8,10-11H,4-6H2,1-3H3,(H,15,17). The van der Waals surface area contributed by atoms with E-state index < -0.39 is 0 Å². The van der Waals surface area contributed by atoms with E-state index in [1.807, 2.05) is 11.8 Å². The van der Waals surface area contributed by atoms with E-state index in [1.165, 1.54) is 12.3 Å². The molecule has 2 unspecified atom stereocenters. The van der Waals surface area contributed by atoms with E-state index in [4.69, 9.17) is 0 Å². The molecule has 4 nitrogen and oxygen atoms in total. The molecule has 1 amide bonds. The molecule has 0 aromatic carbocycles. The first-order valence-electron chi connectivity index (χ1n) is 6.52. The summed E-state index contributed by atoms with van der Waals surface area (Å²) in [5, 5.41) is 0. The highest BCUT2D eigenvalue weighted by molar-refractivity contribution is 5.94. The van der Waals surface area contributed by atoms with Crippen LogP contribution in [0.3, 0.4) is 0 Å². The molecule has 1 aromatic rings. The maximum atomic E-state index is 12.5. The third-order valence-corrected chi connectivity index (χ3v) is 3.72. The van der Waals surface area contributed by atoms with Crippen LogP contribution < -0.4 is 5.43 Å². The van der Waals surface area contributed by atoms with Crippen LogP contribution in [0.4, 0.5) is 0 Å². The van der Waals surface area contributed by atoms with Crippen LogP contribution in [0.1, 0.15) is 49.2 Å². The van der Waals surface area contributed by atoms with Gasteiger partial charge in [-0.05, 0) is 40.0 Å². The van der Waals surface area contributed by atoms with Gasteiger partial charge < -0.3 is 9.88 Å². The second-order valence-electron chi connectivity index (χ2n) is 5.24. The van der Waals surface area contributed by atoms with E-state index in [2.05, 4.69) is 18.8 Å². The molecule has 4 heteroatoms. The van der Waals surface area contributed by atoms with Crippen molar-refractivity contribution in [2.75, 3.05) is 0 Å². The van der Waals surface area contributed by atoms with Crippen LogP contribution >= 0.6 is 0 Å². The molecule has 98 valence electrons. The predicted octanol–water partition coefficient (Wildman–Crippen LogP) is 2.09. The molecule has 0 bridgehead atoms. The zero-order valence-corrected chi connectivity index (χ0v) is 11.2. The van der Waals surface area contributed by atoms with E-state index in [1.54, 1.807) is 0 Å². The van der Waals surface area contributed by atoms with E-state index in [-0.39, 0.29) is 29.0 Å². The van der Waals surface area contributed by atoms with Crippen molar-refractivity contribution in [3.05, 3.63) is 33.7 Å². The lowest BCUT2D eigenvalue weighted by molar-refractivity contribution is 0.0509. The number of nitrogens with one attached hydrogen (secondary N) is 1. The normalized spacial score (nSPS) is 24.1. The van der Waals surface area contributed by atoms with Gasteiger partial charge in [0.05, 0.1) is 0 Å². The number of nitrogens with zero attached hydrogens (tertiary/aromatic N) is 1. The summed E-state index contributed by atoms with van der Waals surface area (Å²) in [5.74, 6) is -0.143. The molecule has 1 N–H and O–H groups in total. The van der Waals surface area contributed by atoms with Crippen molar-refractivity contribution in [3.63, 3.8) is 0 Å². The summed E-state index contributed by atoms with van der Waals surface area (Å²) >= 11 is 0. The number of carbonyl (C=O) groups is 1. The van der Waals surface area contributed by atoms with Crippen molar-refractivity contribution in [1.82, 2.24) is 9.88 Å². The zero-order chi connectivity index (χ0) is 13.3. The van der Waals surface area contributed by atoms with Crippen molar-refractivity contribution >= 4 is 5.91 Å². The number of piperidine rings is 1. The van der Waals surface area contributed by atoms with Gasteiger partial charge in [0, 0.05) is 30.0 Å². The van der Waals surface area contributed by atoms with Crippen LogP contribution in [0.5, 0.6) is 0 Å². The minimum atomic E-state index is -0.193. The summed E-state index contributed by atoms with van der Waals surface area (Å²) in [4.78, 5) is 29.1. The molecule has 18 heavy (non-hydrogen) atoms. The van der Waals surface area contributed by atoms with Crippen molar-refractivity contribution < 1.29 is 4.79 Å². The Morgan fingerprint density at radius 1 is 1.33 bits per heavy atom. The van der Waals surface area contributed by atoms with Gasteiger partial charge in [-0.3, -0.25) is 9.59 Å². The van der Waals surface area contributed by atoms with Crippen LogP contribution in [-0.4, -0.2) is 27.9 Å². The first kappa shape index (κ1) is 12.9. The number of amides is 1. The Balaban J connectivity index is 2.32. The first-order valence-corrected chi connectivity index (χ1v) is 6.52. The van der Waals surface area contributed by atoms with Crippen molar-refractivity contribution in [2.45, 2.75) is 52.1 Å². The highest BCUT2D eigenvalue weighted by atomic mass is 16.2. The Bertz CT molecular complexity index is 497. The second-order valence-corrected chi connectivity index (χ2v) is 5.24. The monoisotopic (exact) mass is 248 g/mol. The fraction of sp³-hybridized carbons (Fsp3) is 0.571. The number of pyridine rings is 1. The summed E-state index contributed by atoms with van der Waals surface area (Å²) in [6, 6.07) is 1.90. The lowest BCUT2D eigenvalue weighted by Crippen LogP contribution is -2.48. The lowest BCUT2D eigenvalue weighted by Gasteiger charge is -2.38. The van der Waals surface area contributed by atoms with Crippen LogP contribution in [0.25, 0.3) is 0 Å². The molecule has 2 heterocycles. The summed E-state index contributed by atoms with van der Waals surface area (Å²) in [6.45, 7) is 5.91. The predicted molar refractivity (Wildman–Crippen MR) is 70.7 cm³/mol. The van der Waals surface area contributed by atoms with Crippen LogP contribution in [0, 0.1) is 6.92 Å². The maximum Gasteiger partial charge on any atom is 0.259 e. The quantitative estimate of drug-likeness (QED) is 0.827. The molecule has 0 saturated carbocycles. The third-order valence-electron chi connectivity index (χ3n) is 3.72. The number of aromatic nitrogens is 1. The minimum Gasteiger partial charge on any atom is -0.364 e. The van der Waals surface area contributed by atoms with E-state index in [0.717, 1.165) is 25.0 Å². The van der Waals surface area contributed by atoms with Crippen LogP contribution in [0.2, 0.25) is 0 Å². The van der Waals surface area contributed by atoms with Gasteiger partial charge in [-0.25, -0.2) is 0 Å². The highest BCUT2D eigenvalue weighted by Gasteiger charge is 2.30. The molecule has 0 radical (unpaired) electrons. The molecule has 1 fully saturated rings. The number of rotatable bonds is 1. The number of carbonyl (C=O) groups excluding carboxylic acids is 1. The van der Waals surface area contributed by atoms with E-state index in [9.17, 15) is 9.59 Å². The molecule has 1 aromatic heterocycles. The molecule has 2 rings (SSSR count).